The van der Waals surface area contributed by atoms with Crippen molar-refractivity contribution in [3.8, 4) is 11.3 Å². The summed E-state index contributed by atoms with van der Waals surface area (Å²) in [6.45, 7) is 2.50. The smallest absolute Gasteiger partial charge is 0.0923 e. The molecule has 0 spiro atoms. The van der Waals surface area contributed by atoms with Crippen LogP contribution >= 0.6 is 0 Å². The molecule has 1 N–H and O–H groups in total. The van der Waals surface area contributed by atoms with Crippen LogP contribution in [0.2, 0.25) is 0 Å². The van der Waals surface area contributed by atoms with Gasteiger partial charge in [-0.3, -0.25) is 10.00 Å². The number of nitrogens with zero attached hydrogens (tertiary/aromatic N) is 2. The average Bonchev–Trinajstić information content (AvgIpc) is 3.14. The maximum Gasteiger partial charge on any atom is 0.0923 e. The minimum absolute atomic E-state index is 0.648. The zero-order valence-corrected chi connectivity index (χ0v) is 11.0. The average molecular weight is 253 g/mol. The van der Waals surface area contributed by atoms with Gasteiger partial charge in [-0.1, -0.05) is 30.3 Å². The summed E-state index contributed by atoms with van der Waals surface area (Å²) in [4.78, 5) is 2.65. The first-order chi connectivity index (χ1) is 9.40. The fourth-order valence-electron chi connectivity index (χ4n) is 3.62. The zero-order valence-electron chi connectivity index (χ0n) is 11.0. The third-order valence-electron chi connectivity index (χ3n) is 4.62. The molecule has 2 saturated heterocycles. The summed E-state index contributed by atoms with van der Waals surface area (Å²) in [5.41, 5.74) is 3.58. The Balaban J connectivity index is 1.56. The van der Waals surface area contributed by atoms with Gasteiger partial charge in [0.05, 0.1) is 5.69 Å². The van der Waals surface area contributed by atoms with Crippen molar-refractivity contribution < 1.29 is 0 Å². The summed E-state index contributed by atoms with van der Waals surface area (Å²) in [5, 5.41) is 7.74. The maximum atomic E-state index is 4.48. The van der Waals surface area contributed by atoms with Crippen LogP contribution in [0, 0.1) is 0 Å². The highest BCUT2D eigenvalue weighted by atomic mass is 15.2. The van der Waals surface area contributed by atoms with Crippen molar-refractivity contribution in [2.45, 2.75) is 31.2 Å². The van der Waals surface area contributed by atoms with E-state index in [0.717, 1.165) is 11.7 Å². The van der Waals surface area contributed by atoms with E-state index < -0.39 is 0 Å². The van der Waals surface area contributed by atoms with Crippen molar-refractivity contribution in [2.24, 2.45) is 0 Å². The molecule has 2 atom stereocenters. The van der Waals surface area contributed by atoms with Crippen molar-refractivity contribution >= 4 is 0 Å². The summed E-state index contributed by atoms with van der Waals surface area (Å²) in [6, 6.07) is 13.5. The van der Waals surface area contributed by atoms with Crippen LogP contribution in [0.3, 0.4) is 0 Å². The van der Waals surface area contributed by atoms with Gasteiger partial charge in [-0.2, -0.15) is 5.10 Å². The summed E-state index contributed by atoms with van der Waals surface area (Å²) in [5.74, 6) is 0.648. The molecule has 2 aromatic rings. The first kappa shape index (κ1) is 11.2. The van der Waals surface area contributed by atoms with Crippen molar-refractivity contribution in [1.82, 2.24) is 15.1 Å². The lowest BCUT2D eigenvalue weighted by atomic mass is 9.99. The fourth-order valence-corrected chi connectivity index (χ4v) is 3.62. The number of hydrogen-bond acceptors (Lipinski definition) is 2. The molecule has 1 aromatic heterocycles. The van der Waals surface area contributed by atoms with Gasteiger partial charge in [0.2, 0.25) is 0 Å². The lowest BCUT2D eigenvalue weighted by molar-refractivity contribution is 0.322. The van der Waals surface area contributed by atoms with Gasteiger partial charge in [-0.15, -0.1) is 0 Å². The normalized spacial score (nSPS) is 26.7. The predicted molar refractivity (Wildman–Crippen MR) is 76.0 cm³/mol. The van der Waals surface area contributed by atoms with Gasteiger partial charge in [0.15, 0.2) is 0 Å². The monoisotopic (exact) mass is 253 g/mol. The molecule has 3 heteroatoms. The van der Waals surface area contributed by atoms with Gasteiger partial charge < -0.3 is 0 Å². The molecule has 2 unspecified atom stereocenters. The number of benzene rings is 1. The second-order valence-electron chi connectivity index (χ2n) is 5.80. The topological polar surface area (TPSA) is 31.9 Å². The van der Waals surface area contributed by atoms with Gasteiger partial charge in [0.25, 0.3) is 0 Å². The van der Waals surface area contributed by atoms with E-state index >= 15 is 0 Å². The van der Waals surface area contributed by atoms with E-state index in [0.29, 0.717) is 5.92 Å². The Labute approximate surface area is 113 Å². The molecule has 0 saturated carbocycles. The molecule has 2 fully saturated rings. The molecule has 3 heterocycles. The Morgan fingerprint density at radius 1 is 1.21 bits per heavy atom. The number of rotatable bonds is 2. The molecule has 0 bridgehead atoms. The van der Waals surface area contributed by atoms with Crippen LogP contribution in [-0.2, 0) is 0 Å². The van der Waals surface area contributed by atoms with E-state index in [9.17, 15) is 0 Å². The highest BCUT2D eigenvalue weighted by Crippen LogP contribution is 2.37. The third-order valence-corrected chi connectivity index (χ3v) is 4.62. The minimum atomic E-state index is 0.648. The number of H-pyrrole nitrogens is 1. The first-order valence-corrected chi connectivity index (χ1v) is 7.25. The van der Waals surface area contributed by atoms with E-state index in [2.05, 4.69) is 45.4 Å². The predicted octanol–water partition coefficient (Wildman–Crippen LogP) is 3.03. The second kappa shape index (κ2) is 4.49. The van der Waals surface area contributed by atoms with Gasteiger partial charge in [0.1, 0.15) is 0 Å². The van der Waals surface area contributed by atoms with E-state index in [4.69, 9.17) is 0 Å². The number of fused-ring (bicyclic) bond motifs is 1. The van der Waals surface area contributed by atoms with Crippen LogP contribution in [0.15, 0.2) is 36.4 Å². The van der Waals surface area contributed by atoms with Crippen molar-refractivity contribution in [1.29, 1.82) is 0 Å². The number of aromatic nitrogens is 2. The SMILES string of the molecule is c1ccc(-c2cc(C3CC4CCCN4C3)[nH]n2)cc1. The van der Waals surface area contributed by atoms with E-state index in [-0.39, 0.29) is 0 Å². The Hall–Kier alpha value is -1.61. The standard InChI is InChI=1S/C16H19N3/c1-2-5-12(6-3-1)15-10-16(18-17-15)13-9-14-7-4-8-19(14)11-13/h1-3,5-6,10,13-14H,4,7-9,11H2,(H,17,18). The molecule has 2 aliphatic heterocycles. The van der Waals surface area contributed by atoms with Gasteiger partial charge in [-0.25, -0.2) is 0 Å². The molecule has 0 amide bonds. The molecule has 3 nitrogen and oxygen atoms in total. The highest BCUT2D eigenvalue weighted by Gasteiger charge is 2.36. The van der Waals surface area contributed by atoms with Crippen molar-refractivity contribution in [3.05, 3.63) is 42.1 Å². The van der Waals surface area contributed by atoms with Crippen LogP contribution in [-0.4, -0.2) is 34.2 Å². The Kier molecular flexibility index (Phi) is 2.66. The van der Waals surface area contributed by atoms with Gasteiger partial charge >= 0.3 is 0 Å². The van der Waals surface area contributed by atoms with E-state index in [1.807, 2.05) is 6.07 Å². The van der Waals surface area contributed by atoms with E-state index in [1.165, 1.54) is 43.6 Å². The van der Waals surface area contributed by atoms with Gasteiger partial charge in [0, 0.05) is 29.8 Å². The summed E-state index contributed by atoms with van der Waals surface area (Å²) in [7, 11) is 0. The lowest BCUT2D eigenvalue weighted by Crippen LogP contribution is -2.22. The molecule has 0 aliphatic carbocycles. The molecule has 19 heavy (non-hydrogen) atoms. The fraction of sp³-hybridized carbons (Fsp3) is 0.438. The number of aromatic amines is 1. The third kappa shape index (κ3) is 1.98. The summed E-state index contributed by atoms with van der Waals surface area (Å²) >= 11 is 0. The maximum absolute atomic E-state index is 4.48. The Bertz CT molecular complexity index is 548. The first-order valence-electron chi connectivity index (χ1n) is 7.25. The number of hydrogen-bond donors (Lipinski definition) is 1. The molecular formula is C16H19N3. The summed E-state index contributed by atoms with van der Waals surface area (Å²) in [6.07, 6.45) is 4.07. The lowest BCUT2D eigenvalue weighted by Gasteiger charge is -2.12. The second-order valence-corrected chi connectivity index (χ2v) is 5.80. The largest absolute Gasteiger partial charge is 0.300 e. The molecule has 1 aromatic carbocycles. The van der Waals surface area contributed by atoms with Crippen LogP contribution in [0.5, 0.6) is 0 Å². The molecule has 4 rings (SSSR count). The highest BCUT2D eigenvalue weighted by molar-refractivity contribution is 5.59. The van der Waals surface area contributed by atoms with Crippen molar-refractivity contribution in [2.75, 3.05) is 13.1 Å². The van der Waals surface area contributed by atoms with Gasteiger partial charge in [-0.05, 0) is 31.9 Å². The van der Waals surface area contributed by atoms with Crippen LogP contribution in [0.4, 0.5) is 0 Å². The van der Waals surface area contributed by atoms with E-state index in [1.54, 1.807) is 0 Å². The molecule has 2 aliphatic rings. The Morgan fingerprint density at radius 3 is 2.95 bits per heavy atom. The van der Waals surface area contributed by atoms with Crippen molar-refractivity contribution in [3.63, 3.8) is 0 Å². The molecule has 98 valence electrons. The quantitative estimate of drug-likeness (QED) is 0.892. The zero-order chi connectivity index (χ0) is 12.7. The number of nitrogens with one attached hydrogen (secondary N) is 1. The van der Waals surface area contributed by atoms with Crippen LogP contribution in [0.25, 0.3) is 11.3 Å². The Morgan fingerprint density at radius 2 is 2.11 bits per heavy atom. The van der Waals surface area contributed by atoms with Crippen LogP contribution in [0.1, 0.15) is 30.9 Å². The molecule has 0 radical (unpaired) electrons. The summed E-state index contributed by atoms with van der Waals surface area (Å²) < 4.78 is 0. The molecular weight excluding hydrogens is 234 g/mol. The minimum Gasteiger partial charge on any atom is -0.300 e. The van der Waals surface area contributed by atoms with Crippen LogP contribution < -0.4 is 0 Å².